The highest BCUT2D eigenvalue weighted by molar-refractivity contribution is 5.81. The van der Waals surface area contributed by atoms with E-state index >= 15 is 0 Å². The van der Waals surface area contributed by atoms with E-state index in [1.807, 2.05) is 20.8 Å². The Balaban J connectivity index is 3.89. The van der Waals surface area contributed by atoms with Crippen LogP contribution in [0.15, 0.2) is 0 Å². The summed E-state index contributed by atoms with van der Waals surface area (Å²) in [7, 11) is 0. The zero-order chi connectivity index (χ0) is 12.8. The SMILES string of the molecule is C#CCC(N)C(=O)NCC(O)CC(C)(C)C. The largest absolute Gasteiger partial charge is 0.391 e. The zero-order valence-electron chi connectivity index (χ0n) is 10.3. The van der Waals surface area contributed by atoms with Gasteiger partial charge in [-0.3, -0.25) is 4.79 Å². The van der Waals surface area contributed by atoms with Crippen molar-refractivity contribution < 1.29 is 9.90 Å². The van der Waals surface area contributed by atoms with Crippen LogP contribution in [0.1, 0.15) is 33.6 Å². The number of carbonyl (C=O) groups excluding carboxylic acids is 1. The van der Waals surface area contributed by atoms with Crippen LogP contribution >= 0.6 is 0 Å². The van der Waals surface area contributed by atoms with Gasteiger partial charge in [-0.25, -0.2) is 0 Å². The van der Waals surface area contributed by atoms with Gasteiger partial charge in [0.1, 0.15) is 0 Å². The summed E-state index contributed by atoms with van der Waals surface area (Å²) in [5.74, 6) is 2.01. The van der Waals surface area contributed by atoms with E-state index in [4.69, 9.17) is 12.2 Å². The molecule has 4 nitrogen and oxygen atoms in total. The molecule has 0 spiro atoms. The van der Waals surface area contributed by atoms with Crippen molar-refractivity contribution in [1.82, 2.24) is 5.32 Å². The molecule has 0 rings (SSSR count). The number of rotatable bonds is 5. The van der Waals surface area contributed by atoms with Gasteiger partial charge in [0.25, 0.3) is 0 Å². The van der Waals surface area contributed by atoms with Gasteiger partial charge in [-0.15, -0.1) is 12.3 Å². The molecular weight excluding hydrogens is 204 g/mol. The Labute approximate surface area is 97.6 Å². The number of hydrogen-bond acceptors (Lipinski definition) is 3. The third-order valence-corrected chi connectivity index (χ3v) is 2.03. The first-order valence-corrected chi connectivity index (χ1v) is 5.41. The second-order valence-corrected chi connectivity index (χ2v) is 5.18. The third-order valence-electron chi connectivity index (χ3n) is 2.03. The molecule has 0 saturated carbocycles. The van der Waals surface area contributed by atoms with Gasteiger partial charge < -0.3 is 16.2 Å². The predicted molar refractivity (Wildman–Crippen MR) is 64.5 cm³/mol. The molecule has 16 heavy (non-hydrogen) atoms. The second kappa shape index (κ2) is 6.51. The molecule has 0 aromatic rings. The Morgan fingerprint density at radius 1 is 1.56 bits per heavy atom. The molecule has 0 aromatic heterocycles. The van der Waals surface area contributed by atoms with E-state index in [2.05, 4.69) is 11.2 Å². The number of nitrogens with two attached hydrogens (primary N) is 1. The summed E-state index contributed by atoms with van der Waals surface area (Å²) in [5.41, 5.74) is 5.54. The summed E-state index contributed by atoms with van der Waals surface area (Å²) in [6.07, 6.45) is 5.33. The summed E-state index contributed by atoms with van der Waals surface area (Å²) in [6.45, 7) is 6.31. The van der Waals surface area contributed by atoms with E-state index in [0.29, 0.717) is 6.42 Å². The van der Waals surface area contributed by atoms with Crippen LogP contribution in [0.3, 0.4) is 0 Å². The number of amides is 1. The molecule has 92 valence electrons. The highest BCUT2D eigenvalue weighted by Gasteiger charge is 2.18. The monoisotopic (exact) mass is 226 g/mol. The summed E-state index contributed by atoms with van der Waals surface area (Å²) in [4.78, 5) is 11.4. The summed E-state index contributed by atoms with van der Waals surface area (Å²) in [5, 5.41) is 12.2. The first-order chi connectivity index (χ1) is 7.26. The molecule has 2 atom stereocenters. The lowest BCUT2D eigenvalue weighted by atomic mass is 9.89. The molecule has 1 amide bonds. The number of aliphatic hydroxyl groups is 1. The molecule has 2 unspecified atom stereocenters. The Kier molecular flexibility index (Phi) is 6.09. The predicted octanol–water partition coefficient (Wildman–Crippen LogP) is 0.250. The van der Waals surface area contributed by atoms with E-state index in [1.165, 1.54) is 0 Å². The van der Waals surface area contributed by atoms with Gasteiger partial charge in [0.2, 0.25) is 5.91 Å². The normalized spacial score (nSPS) is 15.0. The van der Waals surface area contributed by atoms with Crippen LogP contribution in [-0.2, 0) is 4.79 Å². The average molecular weight is 226 g/mol. The highest BCUT2D eigenvalue weighted by atomic mass is 16.3. The Morgan fingerprint density at radius 3 is 2.56 bits per heavy atom. The van der Waals surface area contributed by atoms with Gasteiger partial charge in [-0.1, -0.05) is 20.8 Å². The quantitative estimate of drug-likeness (QED) is 0.588. The number of carbonyl (C=O) groups is 1. The minimum absolute atomic E-state index is 0.0328. The Hall–Kier alpha value is -1.05. The fraction of sp³-hybridized carbons (Fsp3) is 0.750. The molecule has 4 heteroatoms. The lowest BCUT2D eigenvalue weighted by Crippen LogP contribution is -2.43. The third kappa shape index (κ3) is 7.27. The minimum Gasteiger partial charge on any atom is -0.391 e. The Bertz CT molecular complexity index is 263. The van der Waals surface area contributed by atoms with E-state index < -0.39 is 12.1 Å². The lowest BCUT2D eigenvalue weighted by molar-refractivity contribution is -0.122. The molecule has 0 saturated heterocycles. The van der Waals surface area contributed by atoms with E-state index in [1.54, 1.807) is 0 Å². The van der Waals surface area contributed by atoms with Crippen molar-refractivity contribution in [2.45, 2.75) is 45.8 Å². The summed E-state index contributed by atoms with van der Waals surface area (Å²) >= 11 is 0. The maximum Gasteiger partial charge on any atom is 0.237 e. The highest BCUT2D eigenvalue weighted by Crippen LogP contribution is 2.20. The van der Waals surface area contributed by atoms with Crippen LogP contribution in [0.5, 0.6) is 0 Å². The van der Waals surface area contributed by atoms with E-state index in [9.17, 15) is 9.90 Å². The fourth-order valence-corrected chi connectivity index (χ4v) is 1.35. The van der Waals surface area contributed by atoms with E-state index in [-0.39, 0.29) is 24.3 Å². The van der Waals surface area contributed by atoms with Crippen molar-refractivity contribution >= 4 is 5.91 Å². The molecule has 0 aliphatic carbocycles. The number of terminal acetylenes is 1. The molecule has 0 bridgehead atoms. The molecule has 0 aliphatic rings. The summed E-state index contributed by atoms with van der Waals surface area (Å²) in [6, 6.07) is -0.688. The second-order valence-electron chi connectivity index (χ2n) is 5.18. The molecule has 0 aromatic carbocycles. The van der Waals surface area contributed by atoms with Gasteiger partial charge in [0, 0.05) is 13.0 Å². The van der Waals surface area contributed by atoms with Crippen molar-refractivity contribution in [3.63, 3.8) is 0 Å². The van der Waals surface area contributed by atoms with Crippen LogP contribution < -0.4 is 11.1 Å². The van der Waals surface area contributed by atoms with Crippen LogP contribution in [0.2, 0.25) is 0 Å². The molecule has 0 radical (unpaired) electrons. The van der Waals surface area contributed by atoms with Gasteiger partial charge >= 0.3 is 0 Å². The maximum absolute atomic E-state index is 11.4. The van der Waals surface area contributed by atoms with Crippen molar-refractivity contribution in [1.29, 1.82) is 0 Å². The van der Waals surface area contributed by atoms with Crippen molar-refractivity contribution in [2.24, 2.45) is 11.1 Å². The van der Waals surface area contributed by atoms with Crippen molar-refractivity contribution in [3.8, 4) is 12.3 Å². The minimum atomic E-state index is -0.688. The Morgan fingerprint density at radius 2 is 2.12 bits per heavy atom. The van der Waals surface area contributed by atoms with E-state index in [0.717, 1.165) is 0 Å². The fourth-order valence-electron chi connectivity index (χ4n) is 1.35. The first kappa shape index (κ1) is 14.9. The van der Waals surface area contributed by atoms with Gasteiger partial charge in [-0.05, 0) is 11.8 Å². The maximum atomic E-state index is 11.4. The average Bonchev–Trinajstić information content (AvgIpc) is 2.11. The van der Waals surface area contributed by atoms with Gasteiger partial charge in [0.15, 0.2) is 0 Å². The zero-order valence-corrected chi connectivity index (χ0v) is 10.3. The molecule has 4 N–H and O–H groups in total. The van der Waals surface area contributed by atoms with Crippen LogP contribution in [0.25, 0.3) is 0 Å². The number of hydrogen-bond donors (Lipinski definition) is 3. The van der Waals surface area contributed by atoms with Crippen LogP contribution in [-0.4, -0.2) is 29.7 Å². The number of nitrogens with one attached hydrogen (secondary N) is 1. The molecule has 0 fully saturated rings. The standard InChI is InChI=1S/C12H22N2O2/c1-5-6-10(13)11(16)14-8-9(15)7-12(2,3)4/h1,9-10,15H,6-8,13H2,2-4H3,(H,14,16). The van der Waals surface area contributed by atoms with Crippen molar-refractivity contribution in [3.05, 3.63) is 0 Å². The molecule has 0 aliphatic heterocycles. The van der Waals surface area contributed by atoms with Crippen molar-refractivity contribution in [2.75, 3.05) is 6.54 Å². The lowest BCUT2D eigenvalue weighted by Gasteiger charge is -2.22. The molecular formula is C12H22N2O2. The van der Waals surface area contributed by atoms with Gasteiger partial charge in [0.05, 0.1) is 12.1 Å². The van der Waals surface area contributed by atoms with Crippen LogP contribution in [0, 0.1) is 17.8 Å². The summed E-state index contributed by atoms with van der Waals surface area (Å²) < 4.78 is 0. The van der Waals surface area contributed by atoms with Crippen LogP contribution in [0.4, 0.5) is 0 Å². The topological polar surface area (TPSA) is 75.4 Å². The smallest absolute Gasteiger partial charge is 0.237 e. The number of aliphatic hydroxyl groups excluding tert-OH is 1. The first-order valence-electron chi connectivity index (χ1n) is 5.41. The van der Waals surface area contributed by atoms with Gasteiger partial charge in [-0.2, -0.15) is 0 Å². The molecule has 0 heterocycles.